The molecule has 1 N–H and O–H groups in total. The standard InChI is InChI=1S/C28H25ClN2O3/c1-4-8-22-15-21(16-25-19(2)30-31(28(25)32)24-9-6-5-7-10-24)17-26(33-3)27(22)34-18-20-11-13-23(29)14-12-20/h4-7,9-17,30H,1-2,8,18H2,3H3/b25-16-. The molecular formula is C28H25ClN2O3. The monoisotopic (exact) mass is 472 g/mol. The fourth-order valence-electron chi connectivity index (χ4n) is 3.70. The smallest absolute Gasteiger partial charge is 0.279 e. The lowest BCUT2D eigenvalue weighted by atomic mass is 10.0. The summed E-state index contributed by atoms with van der Waals surface area (Å²) >= 11 is 5.98. The highest BCUT2D eigenvalue weighted by Gasteiger charge is 2.13. The molecule has 3 aromatic carbocycles. The first-order chi connectivity index (χ1) is 16.5. The second-order valence-electron chi connectivity index (χ2n) is 7.74. The fourth-order valence-corrected chi connectivity index (χ4v) is 3.82. The van der Waals surface area contributed by atoms with Gasteiger partial charge in [0.25, 0.3) is 5.56 Å². The fraction of sp³-hybridized carbons (Fsp3) is 0.107. The number of aromatic nitrogens is 2. The number of ether oxygens (including phenoxy) is 2. The van der Waals surface area contributed by atoms with Gasteiger partial charge in [0.05, 0.1) is 23.4 Å². The summed E-state index contributed by atoms with van der Waals surface area (Å²) in [5, 5.41) is 4.73. The number of aromatic amines is 1. The number of hydrogen-bond donors (Lipinski definition) is 1. The predicted octanol–water partition coefficient (Wildman–Crippen LogP) is 4.37. The van der Waals surface area contributed by atoms with Gasteiger partial charge in [0.1, 0.15) is 6.61 Å². The highest BCUT2D eigenvalue weighted by Crippen LogP contribution is 2.34. The van der Waals surface area contributed by atoms with E-state index in [2.05, 4.69) is 18.3 Å². The van der Waals surface area contributed by atoms with Crippen molar-refractivity contribution in [3.8, 4) is 17.2 Å². The molecule has 0 bridgehead atoms. The number of rotatable bonds is 8. The van der Waals surface area contributed by atoms with Crippen LogP contribution >= 0.6 is 11.6 Å². The van der Waals surface area contributed by atoms with Crippen LogP contribution in [0.2, 0.25) is 5.02 Å². The molecule has 4 aromatic rings. The number of nitrogens with zero attached hydrogens (tertiary/aromatic N) is 1. The lowest BCUT2D eigenvalue weighted by Gasteiger charge is -2.16. The summed E-state index contributed by atoms with van der Waals surface area (Å²) in [5.41, 5.74) is 3.26. The molecule has 0 amide bonds. The van der Waals surface area contributed by atoms with Gasteiger partial charge in [-0.2, -0.15) is 0 Å². The van der Waals surface area contributed by atoms with Crippen LogP contribution in [0, 0.1) is 0 Å². The Morgan fingerprint density at radius 1 is 1.09 bits per heavy atom. The molecule has 0 unspecified atom stereocenters. The molecule has 1 heterocycles. The Hall–Kier alpha value is -3.96. The van der Waals surface area contributed by atoms with E-state index in [0.717, 1.165) is 22.4 Å². The number of methoxy groups -OCH3 is 1. The van der Waals surface area contributed by atoms with Crippen LogP contribution in [0.4, 0.5) is 0 Å². The van der Waals surface area contributed by atoms with Crippen molar-refractivity contribution in [2.24, 2.45) is 0 Å². The van der Waals surface area contributed by atoms with Gasteiger partial charge < -0.3 is 9.47 Å². The van der Waals surface area contributed by atoms with Gasteiger partial charge in [-0.05, 0) is 60.0 Å². The van der Waals surface area contributed by atoms with Gasteiger partial charge in [0.2, 0.25) is 0 Å². The number of nitrogens with one attached hydrogen (secondary N) is 1. The lowest BCUT2D eigenvalue weighted by Crippen LogP contribution is -2.33. The normalized spacial score (nSPS) is 11.4. The predicted molar refractivity (Wildman–Crippen MR) is 137 cm³/mol. The topological polar surface area (TPSA) is 56.2 Å². The average molecular weight is 473 g/mol. The van der Waals surface area contributed by atoms with Crippen LogP contribution in [0.1, 0.15) is 16.7 Å². The van der Waals surface area contributed by atoms with Crippen molar-refractivity contribution in [3.63, 3.8) is 0 Å². The van der Waals surface area contributed by atoms with Gasteiger partial charge in [0.15, 0.2) is 11.5 Å². The van der Waals surface area contributed by atoms with Crippen molar-refractivity contribution in [2.75, 3.05) is 7.11 Å². The molecular weight excluding hydrogens is 448 g/mol. The summed E-state index contributed by atoms with van der Waals surface area (Å²) in [6.45, 7) is 8.26. The number of para-hydroxylation sites is 1. The van der Waals surface area contributed by atoms with E-state index in [0.29, 0.717) is 40.1 Å². The van der Waals surface area contributed by atoms with Crippen molar-refractivity contribution < 1.29 is 9.47 Å². The maximum atomic E-state index is 13.1. The largest absolute Gasteiger partial charge is 0.493 e. The number of hydrogen-bond acceptors (Lipinski definition) is 3. The quantitative estimate of drug-likeness (QED) is 0.387. The Kier molecular flexibility index (Phi) is 7.04. The van der Waals surface area contributed by atoms with E-state index < -0.39 is 0 Å². The van der Waals surface area contributed by atoms with E-state index in [1.165, 1.54) is 4.68 Å². The second kappa shape index (κ2) is 10.3. The second-order valence-corrected chi connectivity index (χ2v) is 8.18. The van der Waals surface area contributed by atoms with E-state index in [1.54, 1.807) is 19.3 Å². The van der Waals surface area contributed by atoms with Crippen LogP contribution < -0.4 is 25.6 Å². The van der Waals surface area contributed by atoms with Crippen molar-refractivity contribution in [2.45, 2.75) is 13.0 Å². The van der Waals surface area contributed by atoms with Crippen molar-refractivity contribution in [1.82, 2.24) is 9.78 Å². The van der Waals surface area contributed by atoms with Crippen LogP contribution in [-0.4, -0.2) is 16.9 Å². The Balaban J connectivity index is 1.74. The summed E-state index contributed by atoms with van der Waals surface area (Å²) in [5.74, 6) is 1.21. The van der Waals surface area contributed by atoms with Crippen molar-refractivity contribution in [3.05, 3.63) is 122 Å². The van der Waals surface area contributed by atoms with Crippen LogP contribution in [-0.2, 0) is 13.0 Å². The van der Waals surface area contributed by atoms with Gasteiger partial charge in [0, 0.05) is 10.6 Å². The molecule has 0 aliphatic rings. The molecule has 0 spiro atoms. The zero-order valence-electron chi connectivity index (χ0n) is 18.9. The number of benzene rings is 3. The number of H-pyrrole nitrogens is 1. The lowest BCUT2D eigenvalue weighted by molar-refractivity contribution is 0.282. The minimum atomic E-state index is -0.177. The van der Waals surface area contributed by atoms with E-state index in [-0.39, 0.29) is 5.56 Å². The van der Waals surface area contributed by atoms with Gasteiger partial charge in [-0.15, -0.1) is 6.58 Å². The maximum Gasteiger partial charge on any atom is 0.279 e. The number of halogens is 1. The average Bonchev–Trinajstić information content (AvgIpc) is 3.13. The molecule has 0 radical (unpaired) electrons. The van der Waals surface area contributed by atoms with Crippen LogP contribution in [0.3, 0.4) is 0 Å². The van der Waals surface area contributed by atoms with E-state index in [4.69, 9.17) is 21.1 Å². The molecule has 4 rings (SSSR count). The molecule has 172 valence electrons. The molecule has 0 aliphatic carbocycles. The molecule has 0 aliphatic heterocycles. The van der Waals surface area contributed by atoms with Crippen molar-refractivity contribution >= 4 is 24.3 Å². The van der Waals surface area contributed by atoms with Gasteiger partial charge in [-0.1, -0.05) is 54.6 Å². The summed E-state index contributed by atoms with van der Waals surface area (Å²) in [4.78, 5) is 13.1. The molecule has 0 fully saturated rings. The first-order valence-electron chi connectivity index (χ1n) is 10.8. The minimum absolute atomic E-state index is 0.177. The van der Waals surface area contributed by atoms with Gasteiger partial charge >= 0.3 is 0 Å². The molecule has 0 saturated carbocycles. The van der Waals surface area contributed by atoms with Gasteiger partial charge in [-0.3, -0.25) is 9.89 Å². The SMILES string of the molecule is C=CCc1cc(/C=c2/c(=C)[nH]n(-c3ccccc3)c2=O)cc(OC)c1OCc1ccc(Cl)cc1. The Morgan fingerprint density at radius 3 is 2.50 bits per heavy atom. The molecule has 34 heavy (non-hydrogen) atoms. The van der Waals surface area contributed by atoms with Gasteiger partial charge in [-0.25, -0.2) is 4.68 Å². The highest BCUT2D eigenvalue weighted by atomic mass is 35.5. The first kappa shape index (κ1) is 23.2. The Morgan fingerprint density at radius 2 is 1.82 bits per heavy atom. The van der Waals surface area contributed by atoms with Crippen LogP contribution in [0.15, 0.2) is 84.2 Å². The summed E-state index contributed by atoms with van der Waals surface area (Å²) in [6, 6.07) is 20.7. The molecule has 0 atom stereocenters. The molecule has 0 saturated heterocycles. The third-order valence-electron chi connectivity index (χ3n) is 5.37. The highest BCUT2D eigenvalue weighted by molar-refractivity contribution is 6.30. The zero-order chi connectivity index (χ0) is 24.1. The van der Waals surface area contributed by atoms with E-state index in [1.807, 2.05) is 66.7 Å². The minimum Gasteiger partial charge on any atom is -0.493 e. The third kappa shape index (κ3) is 5.00. The first-order valence-corrected chi connectivity index (χ1v) is 11.1. The van der Waals surface area contributed by atoms with Crippen LogP contribution in [0.25, 0.3) is 18.3 Å². The zero-order valence-corrected chi connectivity index (χ0v) is 19.6. The summed E-state index contributed by atoms with van der Waals surface area (Å²) in [6.07, 6.45) is 4.19. The maximum absolute atomic E-state index is 13.1. The summed E-state index contributed by atoms with van der Waals surface area (Å²) in [7, 11) is 1.59. The molecule has 5 nitrogen and oxygen atoms in total. The number of allylic oxidation sites excluding steroid dienone is 1. The van der Waals surface area contributed by atoms with Crippen LogP contribution in [0.5, 0.6) is 11.5 Å². The Labute approximate surface area is 202 Å². The summed E-state index contributed by atoms with van der Waals surface area (Å²) < 4.78 is 13.3. The third-order valence-corrected chi connectivity index (χ3v) is 5.62. The molecule has 6 heteroatoms. The molecule has 1 aromatic heterocycles. The van der Waals surface area contributed by atoms with E-state index in [9.17, 15) is 4.79 Å². The van der Waals surface area contributed by atoms with Crippen molar-refractivity contribution in [1.29, 1.82) is 0 Å². The van der Waals surface area contributed by atoms with E-state index >= 15 is 0 Å². The Bertz CT molecular complexity index is 1470.